The van der Waals surface area contributed by atoms with Crippen LogP contribution in [0.5, 0.6) is 11.5 Å². The first-order valence-corrected chi connectivity index (χ1v) is 11.5. The maximum absolute atomic E-state index is 13.5. The molecule has 0 spiro atoms. The molecule has 1 amide bonds. The van der Waals surface area contributed by atoms with Crippen LogP contribution in [0.25, 0.3) is 11.0 Å². The molecule has 0 unspecified atom stereocenters. The van der Waals surface area contributed by atoms with Crippen molar-refractivity contribution in [3.05, 3.63) is 82.0 Å². The largest absolute Gasteiger partial charge is 0.495 e. The number of carbonyl (C=O) groups is 2. The minimum atomic E-state index is -0.413. The summed E-state index contributed by atoms with van der Waals surface area (Å²) in [4.78, 5) is 33.0. The number of pyridine rings is 1. The third-order valence-electron chi connectivity index (χ3n) is 5.55. The number of nitrogens with one attached hydrogen (secondary N) is 3. The zero-order chi connectivity index (χ0) is 26.0. The molecule has 0 fully saturated rings. The Kier molecular flexibility index (Phi) is 7.19. The molecular weight excluding hydrogens is 503 g/mol. The topological polar surface area (TPSA) is 105 Å². The van der Waals surface area contributed by atoms with E-state index in [1.165, 1.54) is 26.4 Å². The lowest BCUT2D eigenvalue weighted by Gasteiger charge is -2.15. The molecule has 0 aliphatic carbocycles. The van der Waals surface area contributed by atoms with Crippen molar-refractivity contribution in [2.24, 2.45) is 0 Å². The minimum absolute atomic E-state index is 0.0696. The molecular formula is C26H22Cl2N4O4. The maximum Gasteiger partial charge on any atom is 0.247 e. The van der Waals surface area contributed by atoms with Crippen molar-refractivity contribution in [1.82, 2.24) is 9.97 Å². The summed E-state index contributed by atoms with van der Waals surface area (Å²) < 4.78 is 10.6. The molecule has 4 aromatic rings. The lowest BCUT2D eigenvalue weighted by molar-refractivity contribution is -0.111. The van der Waals surface area contributed by atoms with Gasteiger partial charge in [0.15, 0.2) is 5.78 Å². The number of nitrogens with zero attached hydrogens (tertiary/aromatic N) is 1. The van der Waals surface area contributed by atoms with E-state index in [2.05, 4.69) is 27.2 Å². The first-order chi connectivity index (χ1) is 17.3. The minimum Gasteiger partial charge on any atom is -0.495 e. The van der Waals surface area contributed by atoms with Crippen LogP contribution in [-0.2, 0) is 4.79 Å². The van der Waals surface area contributed by atoms with Crippen LogP contribution in [0, 0.1) is 6.92 Å². The number of benzene rings is 2. The Morgan fingerprint density at radius 2 is 1.78 bits per heavy atom. The normalized spacial score (nSPS) is 10.7. The fourth-order valence-corrected chi connectivity index (χ4v) is 4.40. The second-order valence-corrected chi connectivity index (χ2v) is 8.48. The van der Waals surface area contributed by atoms with Crippen LogP contribution >= 0.6 is 23.2 Å². The number of fused-ring (bicyclic) bond motifs is 1. The van der Waals surface area contributed by atoms with E-state index in [0.717, 1.165) is 5.56 Å². The van der Waals surface area contributed by atoms with Gasteiger partial charge in [0.1, 0.15) is 23.0 Å². The number of rotatable bonds is 8. The molecule has 4 rings (SSSR count). The highest BCUT2D eigenvalue weighted by Gasteiger charge is 2.26. The molecule has 2 aromatic heterocycles. The summed E-state index contributed by atoms with van der Waals surface area (Å²) >= 11 is 12.9. The SMILES string of the molecule is C=CC(=O)Nc1cccc(C)c1Nc1ccc2c(C(=O)c3c(Cl)c(OC)cc(OC)c3Cl)c[nH]c2n1. The van der Waals surface area contributed by atoms with Crippen LogP contribution < -0.4 is 20.1 Å². The number of aromatic nitrogens is 2. The Hall–Kier alpha value is -4.01. The van der Waals surface area contributed by atoms with Crippen LogP contribution in [0.15, 0.2) is 55.3 Å². The van der Waals surface area contributed by atoms with Gasteiger partial charge in [-0.15, -0.1) is 0 Å². The highest BCUT2D eigenvalue weighted by atomic mass is 35.5. The average molecular weight is 525 g/mol. The summed E-state index contributed by atoms with van der Waals surface area (Å²) in [6.07, 6.45) is 2.75. The van der Waals surface area contributed by atoms with Gasteiger partial charge in [0.2, 0.25) is 5.91 Å². The van der Waals surface area contributed by atoms with Crippen molar-refractivity contribution >= 4 is 63.1 Å². The highest BCUT2D eigenvalue weighted by Crippen LogP contribution is 2.42. The average Bonchev–Trinajstić information content (AvgIpc) is 3.29. The van der Waals surface area contributed by atoms with Crippen molar-refractivity contribution < 1.29 is 19.1 Å². The molecule has 0 aliphatic heterocycles. The first kappa shape index (κ1) is 25.1. The number of amides is 1. The Balaban J connectivity index is 1.72. The van der Waals surface area contributed by atoms with E-state index >= 15 is 0 Å². The van der Waals surface area contributed by atoms with Crippen LogP contribution in [0.3, 0.4) is 0 Å². The van der Waals surface area contributed by atoms with Gasteiger partial charge in [0.05, 0.1) is 41.2 Å². The number of methoxy groups -OCH3 is 2. The van der Waals surface area contributed by atoms with E-state index in [-0.39, 0.29) is 33.0 Å². The van der Waals surface area contributed by atoms with Crippen LogP contribution in [0.2, 0.25) is 10.0 Å². The van der Waals surface area contributed by atoms with Crippen LogP contribution in [-0.4, -0.2) is 35.9 Å². The zero-order valence-electron chi connectivity index (χ0n) is 19.7. The lowest BCUT2D eigenvalue weighted by Crippen LogP contribution is -2.10. The number of ketones is 1. The lowest BCUT2D eigenvalue weighted by atomic mass is 10.0. The molecule has 0 atom stereocenters. The molecule has 0 bridgehead atoms. The van der Waals surface area contributed by atoms with Gasteiger partial charge in [-0.3, -0.25) is 9.59 Å². The summed E-state index contributed by atoms with van der Waals surface area (Å²) in [5.74, 6) is 0.299. The van der Waals surface area contributed by atoms with E-state index in [9.17, 15) is 9.59 Å². The number of anilines is 3. The predicted octanol–water partition coefficient (Wildman–Crippen LogP) is 6.29. The van der Waals surface area contributed by atoms with Gasteiger partial charge in [0.25, 0.3) is 0 Å². The number of ether oxygens (including phenoxy) is 2. The molecule has 3 N–H and O–H groups in total. The number of hydrogen-bond donors (Lipinski definition) is 3. The number of H-pyrrole nitrogens is 1. The van der Waals surface area contributed by atoms with Crippen molar-refractivity contribution in [2.45, 2.75) is 6.92 Å². The Morgan fingerprint density at radius 3 is 2.42 bits per heavy atom. The Morgan fingerprint density at radius 1 is 1.08 bits per heavy atom. The summed E-state index contributed by atoms with van der Waals surface area (Å²) in [5, 5.41) is 6.77. The number of halogens is 2. The van der Waals surface area contributed by atoms with E-state index in [1.54, 1.807) is 24.4 Å². The van der Waals surface area contributed by atoms with Gasteiger partial charge in [-0.2, -0.15) is 0 Å². The molecule has 0 saturated carbocycles. The van der Waals surface area contributed by atoms with Gasteiger partial charge in [-0.05, 0) is 36.8 Å². The summed E-state index contributed by atoms with van der Waals surface area (Å²) in [5.41, 5.74) is 3.04. The van der Waals surface area contributed by atoms with E-state index in [4.69, 9.17) is 32.7 Å². The quantitative estimate of drug-likeness (QED) is 0.184. The fraction of sp³-hybridized carbons (Fsp3) is 0.115. The van der Waals surface area contributed by atoms with Gasteiger partial charge < -0.3 is 25.1 Å². The highest BCUT2D eigenvalue weighted by molar-refractivity contribution is 6.43. The number of aromatic amines is 1. The fourth-order valence-electron chi connectivity index (χ4n) is 3.73. The third-order valence-corrected chi connectivity index (χ3v) is 6.30. The van der Waals surface area contributed by atoms with E-state index in [0.29, 0.717) is 33.8 Å². The third kappa shape index (κ3) is 4.60. The van der Waals surface area contributed by atoms with Crippen molar-refractivity contribution in [3.8, 4) is 11.5 Å². The van der Waals surface area contributed by atoms with Crippen molar-refractivity contribution in [2.75, 3.05) is 24.9 Å². The number of aryl methyl sites for hydroxylation is 1. The first-order valence-electron chi connectivity index (χ1n) is 10.7. The Labute approximate surface area is 217 Å². The molecule has 10 heteroatoms. The summed E-state index contributed by atoms with van der Waals surface area (Å²) in [7, 11) is 2.88. The van der Waals surface area contributed by atoms with E-state index < -0.39 is 5.78 Å². The monoisotopic (exact) mass is 524 g/mol. The molecule has 2 aromatic carbocycles. The molecule has 0 aliphatic rings. The number of para-hydroxylation sites is 1. The van der Waals surface area contributed by atoms with Gasteiger partial charge in [-0.1, -0.05) is 41.9 Å². The summed E-state index contributed by atoms with van der Waals surface area (Å²) in [6.45, 7) is 5.40. The van der Waals surface area contributed by atoms with Gasteiger partial charge >= 0.3 is 0 Å². The molecule has 0 saturated heterocycles. The maximum atomic E-state index is 13.5. The zero-order valence-corrected chi connectivity index (χ0v) is 21.2. The molecule has 184 valence electrons. The predicted molar refractivity (Wildman–Crippen MR) is 142 cm³/mol. The van der Waals surface area contributed by atoms with Crippen LogP contribution in [0.1, 0.15) is 21.5 Å². The molecule has 2 heterocycles. The molecule has 8 nitrogen and oxygen atoms in total. The second kappa shape index (κ2) is 10.3. The molecule has 36 heavy (non-hydrogen) atoms. The number of hydrogen-bond acceptors (Lipinski definition) is 6. The Bertz CT molecular complexity index is 1490. The van der Waals surface area contributed by atoms with Crippen molar-refractivity contribution in [1.29, 1.82) is 0 Å². The van der Waals surface area contributed by atoms with Crippen LogP contribution in [0.4, 0.5) is 17.2 Å². The van der Waals surface area contributed by atoms with Crippen molar-refractivity contribution in [3.63, 3.8) is 0 Å². The second-order valence-electron chi connectivity index (χ2n) is 7.72. The van der Waals surface area contributed by atoms with Gasteiger partial charge in [0, 0.05) is 23.2 Å². The summed E-state index contributed by atoms with van der Waals surface area (Å²) in [6, 6.07) is 10.5. The number of carbonyl (C=O) groups excluding carboxylic acids is 2. The van der Waals surface area contributed by atoms with E-state index in [1.807, 2.05) is 19.1 Å². The smallest absolute Gasteiger partial charge is 0.247 e. The van der Waals surface area contributed by atoms with Gasteiger partial charge in [-0.25, -0.2) is 4.98 Å². The molecule has 0 radical (unpaired) electrons. The standard InChI is InChI=1S/C26H22Cl2N4O4/c1-5-20(33)30-16-8-6-7-13(2)24(16)31-19-10-9-14-15(12-29-26(14)32-19)25(34)21-22(27)17(35-3)11-18(36-4)23(21)28/h5-12H,1H2,2-4H3,(H,30,33)(H2,29,31,32).